The van der Waals surface area contributed by atoms with Crippen LogP contribution in [-0.4, -0.2) is 33.5 Å². The first-order valence-corrected chi connectivity index (χ1v) is 10.1. The zero-order valence-corrected chi connectivity index (χ0v) is 18.0. The van der Waals surface area contributed by atoms with Gasteiger partial charge in [0.1, 0.15) is 23.9 Å². The summed E-state index contributed by atoms with van der Waals surface area (Å²) in [5.74, 6) is -1.38. The largest absolute Gasteiger partial charge is 0.507 e. The van der Waals surface area contributed by atoms with Crippen LogP contribution in [0.2, 0.25) is 0 Å². The van der Waals surface area contributed by atoms with Gasteiger partial charge in [0.05, 0.1) is 16.5 Å². The zero-order valence-electron chi connectivity index (χ0n) is 18.0. The molecule has 34 heavy (non-hydrogen) atoms. The lowest BCUT2D eigenvalue weighted by molar-refractivity contribution is -0.384. The third-order valence-corrected chi connectivity index (χ3v) is 5.20. The van der Waals surface area contributed by atoms with Crippen molar-refractivity contribution in [2.75, 3.05) is 11.5 Å². The number of carbonyl (C=O) groups excluding carboxylic acids is 2. The van der Waals surface area contributed by atoms with Crippen molar-refractivity contribution in [1.29, 1.82) is 0 Å². The van der Waals surface area contributed by atoms with Gasteiger partial charge in [0.25, 0.3) is 11.5 Å². The predicted molar refractivity (Wildman–Crippen MR) is 121 cm³/mol. The maximum atomic E-state index is 13.1. The molecule has 1 fully saturated rings. The minimum absolute atomic E-state index is 0.0447. The van der Waals surface area contributed by atoms with Gasteiger partial charge in [-0.1, -0.05) is 29.9 Å². The summed E-state index contributed by atoms with van der Waals surface area (Å²) < 4.78 is 10.5. The minimum atomic E-state index is -1.17. The molecule has 172 valence electrons. The lowest BCUT2D eigenvalue weighted by atomic mass is 9.95. The fraction of sp³-hybridized carbons (Fsp3) is 0.125. The van der Waals surface area contributed by atoms with Gasteiger partial charge in [0, 0.05) is 23.8 Å². The molecule has 10 heteroatoms. The number of non-ortho nitro benzene ring substituents is 1. The molecule has 0 aliphatic carbocycles. The van der Waals surface area contributed by atoms with Crippen LogP contribution in [0, 0.1) is 17.0 Å². The molecule has 1 saturated heterocycles. The zero-order chi connectivity index (χ0) is 24.4. The van der Waals surface area contributed by atoms with Crippen molar-refractivity contribution in [1.82, 2.24) is 5.16 Å². The van der Waals surface area contributed by atoms with E-state index in [1.165, 1.54) is 42.5 Å². The molecule has 1 aromatic heterocycles. The van der Waals surface area contributed by atoms with Crippen molar-refractivity contribution < 1.29 is 28.9 Å². The van der Waals surface area contributed by atoms with Gasteiger partial charge in [-0.2, -0.15) is 0 Å². The summed E-state index contributed by atoms with van der Waals surface area (Å²) in [7, 11) is 0. The van der Waals surface area contributed by atoms with Gasteiger partial charge in [-0.15, -0.1) is 0 Å². The molecule has 4 rings (SSSR count). The Bertz CT molecular complexity index is 1320. The van der Waals surface area contributed by atoms with Crippen LogP contribution in [0.5, 0.6) is 5.75 Å². The van der Waals surface area contributed by atoms with Crippen molar-refractivity contribution in [3.63, 3.8) is 0 Å². The second kappa shape index (κ2) is 9.02. The standard InChI is InChI=1S/C24H19N3O7/c1-3-11-33-18-9-7-15(8-10-18)22(28)20-21(16-5-4-6-17(13-16)27(31)32)26(24(30)23(20)29)19-12-14(2)34-25-19/h3-10,12-13,21,28H,1,11H2,2H3/t21-/m0/s1. The van der Waals surface area contributed by atoms with E-state index in [4.69, 9.17) is 9.26 Å². The third-order valence-electron chi connectivity index (χ3n) is 5.20. The number of ether oxygens (including phenoxy) is 1. The van der Waals surface area contributed by atoms with Gasteiger partial charge < -0.3 is 14.4 Å². The van der Waals surface area contributed by atoms with Gasteiger partial charge in [0.15, 0.2) is 5.82 Å². The first-order chi connectivity index (χ1) is 16.3. The predicted octanol–water partition coefficient (Wildman–Crippen LogP) is 4.08. The number of Topliss-reactive ketones (excluding diaryl/α,β-unsaturated/α-hetero) is 1. The van der Waals surface area contributed by atoms with Crippen molar-refractivity contribution in [2.45, 2.75) is 13.0 Å². The van der Waals surface area contributed by atoms with E-state index >= 15 is 0 Å². The van der Waals surface area contributed by atoms with Crippen LogP contribution in [0.25, 0.3) is 5.76 Å². The van der Waals surface area contributed by atoms with Crippen LogP contribution < -0.4 is 9.64 Å². The van der Waals surface area contributed by atoms with E-state index in [1.807, 2.05) is 0 Å². The smallest absolute Gasteiger partial charge is 0.301 e. The number of rotatable bonds is 7. The fourth-order valence-electron chi connectivity index (χ4n) is 3.68. The van der Waals surface area contributed by atoms with E-state index in [0.717, 1.165) is 4.90 Å². The van der Waals surface area contributed by atoms with Crippen LogP contribution in [0.15, 0.2) is 77.3 Å². The molecule has 1 amide bonds. The number of aliphatic hydroxyl groups excluding tert-OH is 1. The molecule has 2 heterocycles. The molecule has 0 spiro atoms. The summed E-state index contributed by atoms with van der Waals surface area (Å²) in [4.78, 5) is 37.9. The Morgan fingerprint density at radius 2 is 2.00 bits per heavy atom. The number of aliphatic hydroxyl groups is 1. The fourth-order valence-corrected chi connectivity index (χ4v) is 3.68. The highest BCUT2D eigenvalue weighted by atomic mass is 16.6. The van der Waals surface area contributed by atoms with Crippen molar-refractivity contribution in [2.24, 2.45) is 0 Å². The molecule has 0 unspecified atom stereocenters. The van der Waals surface area contributed by atoms with Crippen LogP contribution in [0.3, 0.4) is 0 Å². The summed E-state index contributed by atoms with van der Waals surface area (Å²) in [5.41, 5.74) is 0.0475. The molecule has 10 nitrogen and oxygen atoms in total. The van der Waals surface area contributed by atoms with Gasteiger partial charge in [-0.25, -0.2) is 0 Å². The molecular formula is C24H19N3O7. The number of aryl methyl sites for hydroxylation is 1. The van der Waals surface area contributed by atoms with E-state index < -0.39 is 28.4 Å². The number of hydrogen-bond donors (Lipinski definition) is 1. The van der Waals surface area contributed by atoms with Gasteiger partial charge >= 0.3 is 5.91 Å². The number of carbonyl (C=O) groups is 2. The Morgan fingerprint density at radius 1 is 1.26 bits per heavy atom. The molecule has 0 bridgehead atoms. The van der Waals surface area contributed by atoms with Crippen LogP contribution >= 0.6 is 0 Å². The van der Waals surface area contributed by atoms with Crippen LogP contribution in [0.4, 0.5) is 11.5 Å². The van der Waals surface area contributed by atoms with E-state index in [0.29, 0.717) is 18.1 Å². The second-order valence-corrected chi connectivity index (χ2v) is 7.44. The van der Waals surface area contributed by atoms with E-state index in [1.54, 1.807) is 25.1 Å². The average Bonchev–Trinajstić information content (AvgIpc) is 3.38. The van der Waals surface area contributed by atoms with Gasteiger partial charge in [-0.3, -0.25) is 24.6 Å². The highest BCUT2D eigenvalue weighted by Crippen LogP contribution is 2.42. The quantitative estimate of drug-likeness (QED) is 0.139. The number of nitrogens with zero attached hydrogens (tertiary/aromatic N) is 3. The Morgan fingerprint density at radius 3 is 2.62 bits per heavy atom. The van der Waals surface area contributed by atoms with E-state index in [-0.39, 0.29) is 28.2 Å². The van der Waals surface area contributed by atoms with Crippen LogP contribution in [0.1, 0.15) is 22.9 Å². The molecule has 1 N–H and O–H groups in total. The Labute approximate surface area is 193 Å². The number of hydrogen-bond acceptors (Lipinski definition) is 8. The Balaban J connectivity index is 1.87. The summed E-state index contributed by atoms with van der Waals surface area (Å²) in [5, 5.41) is 26.3. The van der Waals surface area contributed by atoms with Gasteiger partial charge in [0.2, 0.25) is 0 Å². The maximum Gasteiger partial charge on any atom is 0.301 e. The number of nitro benzene ring substituents is 1. The van der Waals surface area contributed by atoms with Crippen molar-refractivity contribution in [3.8, 4) is 5.75 Å². The second-order valence-electron chi connectivity index (χ2n) is 7.44. The molecule has 0 radical (unpaired) electrons. The SMILES string of the molecule is C=CCOc1ccc(C(O)=C2C(=O)C(=O)N(c3cc(C)on3)[C@H]2c2cccc([N+](=O)[O-])c2)cc1. The highest BCUT2D eigenvalue weighted by Gasteiger charge is 2.48. The number of aromatic nitrogens is 1. The van der Waals surface area contributed by atoms with Gasteiger partial charge in [-0.05, 0) is 36.8 Å². The molecule has 1 atom stereocenters. The molecule has 0 saturated carbocycles. The lowest BCUT2D eigenvalue weighted by Gasteiger charge is -2.22. The first kappa shape index (κ1) is 22.5. The first-order valence-electron chi connectivity index (χ1n) is 10.1. The molecular weight excluding hydrogens is 442 g/mol. The monoisotopic (exact) mass is 461 g/mol. The van der Waals surface area contributed by atoms with E-state index in [2.05, 4.69) is 11.7 Å². The van der Waals surface area contributed by atoms with Crippen LogP contribution in [-0.2, 0) is 9.59 Å². The number of benzene rings is 2. The Kier molecular flexibility index (Phi) is 5.96. The molecule has 1 aliphatic rings. The maximum absolute atomic E-state index is 13.1. The molecule has 3 aromatic rings. The number of nitro groups is 1. The van der Waals surface area contributed by atoms with Crippen molar-refractivity contribution in [3.05, 3.63) is 99.8 Å². The van der Waals surface area contributed by atoms with E-state index in [9.17, 15) is 24.8 Å². The van der Waals surface area contributed by atoms with Crippen molar-refractivity contribution >= 4 is 29.0 Å². The number of amides is 1. The topological polar surface area (TPSA) is 136 Å². The summed E-state index contributed by atoms with van der Waals surface area (Å²) in [6, 6.07) is 12.1. The lowest BCUT2D eigenvalue weighted by Crippen LogP contribution is -2.29. The minimum Gasteiger partial charge on any atom is -0.507 e. The Hall–Kier alpha value is -4.73. The summed E-state index contributed by atoms with van der Waals surface area (Å²) in [6.45, 7) is 5.49. The third kappa shape index (κ3) is 4.04. The highest BCUT2D eigenvalue weighted by molar-refractivity contribution is 6.51. The normalized spacial score (nSPS) is 17.1. The number of ketones is 1. The number of anilines is 1. The summed E-state index contributed by atoms with van der Waals surface area (Å²) >= 11 is 0. The molecule has 1 aliphatic heterocycles. The molecule has 2 aromatic carbocycles. The summed E-state index contributed by atoms with van der Waals surface area (Å²) in [6.07, 6.45) is 1.58. The average molecular weight is 461 g/mol.